The topological polar surface area (TPSA) is 38.3 Å². The molecule has 0 saturated carbocycles. The van der Waals surface area contributed by atoms with Gasteiger partial charge in [-0.3, -0.25) is 4.79 Å². The number of rotatable bonds is 4. The number of thioether (sulfide) groups is 1. The van der Waals surface area contributed by atoms with Gasteiger partial charge >= 0.3 is 6.61 Å². The van der Waals surface area contributed by atoms with E-state index in [4.69, 9.17) is 0 Å². The molecule has 1 heterocycles. The first kappa shape index (κ1) is 15.8. The second-order valence-electron chi connectivity index (χ2n) is 5.11. The number of carbonyl (C=O) groups excluding carboxylic acids is 1. The zero-order valence-corrected chi connectivity index (χ0v) is 13.0. The van der Waals surface area contributed by atoms with E-state index >= 15 is 0 Å². The summed E-state index contributed by atoms with van der Waals surface area (Å²) in [5.41, 5.74) is 1.40. The number of amides is 1. The molecule has 120 valence electrons. The minimum absolute atomic E-state index is 0.0211. The molecule has 1 amide bonds. The normalized spacial score (nSPS) is 16.7. The molecule has 3 nitrogen and oxygen atoms in total. The molecule has 1 atom stereocenters. The molecule has 0 aliphatic carbocycles. The number of carbonyl (C=O) groups is 1. The van der Waals surface area contributed by atoms with E-state index in [-0.39, 0.29) is 17.7 Å². The van der Waals surface area contributed by atoms with Crippen LogP contribution in [-0.4, -0.2) is 18.3 Å². The molecular weight excluding hydrogens is 320 g/mol. The van der Waals surface area contributed by atoms with E-state index < -0.39 is 6.61 Å². The van der Waals surface area contributed by atoms with Gasteiger partial charge in [-0.25, -0.2) is 0 Å². The van der Waals surface area contributed by atoms with Crippen LogP contribution in [0, 0.1) is 0 Å². The monoisotopic (exact) mass is 335 g/mol. The Hall–Kier alpha value is -2.08. The zero-order valence-electron chi connectivity index (χ0n) is 12.2. The summed E-state index contributed by atoms with van der Waals surface area (Å²) < 4.78 is 28.9. The van der Waals surface area contributed by atoms with Crippen LogP contribution < -0.4 is 10.1 Å². The van der Waals surface area contributed by atoms with Gasteiger partial charge in [-0.1, -0.05) is 24.3 Å². The fourth-order valence-electron chi connectivity index (χ4n) is 2.55. The Kier molecular flexibility index (Phi) is 4.81. The number of hydrogen-bond donors (Lipinski definition) is 1. The lowest BCUT2D eigenvalue weighted by Gasteiger charge is -2.26. The van der Waals surface area contributed by atoms with Crippen molar-refractivity contribution in [2.75, 3.05) is 5.75 Å². The molecule has 2 aromatic rings. The standard InChI is InChI=1S/C17H15F2NO2S/c18-17(19)22-12-5-3-4-11(10-12)16(21)20-14-8-9-23-15-7-2-1-6-13(14)15/h1-7,10,14,17H,8-9H2,(H,20,21)/t14-/m0/s1. The van der Waals surface area contributed by atoms with E-state index in [1.807, 2.05) is 24.3 Å². The van der Waals surface area contributed by atoms with Crippen molar-refractivity contribution in [1.29, 1.82) is 0 Å². The second kappa shape index (κ2) is 7.00. The third-order valence-corrected chi connectivity index (χ3v) is 4.71. The van der Waals surface area contributed by atoms with E-state index in [0.717, 1.165) is 17.7 Å². The van der Waals surface area contributed by atoms with Crippen LogP contribution >= 0.6 is 11.8 Å². The quantitative estimate of drug-likeness (QED) is 0.907. The average Bonchev–Trinajstić information content (AvgIpc) is 2.55. The van der Waals surface area contributed by atoms with Gasteiger partial charge in [0.2, 0.25) is 0 Å². The molecule has 0 spiro atoms. The van der Waals surface area contributed by atoms with E-state index in [0.29, 0.717) is 5.56 Å². The van der Waals surface area contributed by atoms with Gasteiger partial charge in [0, 0.05) is 16.2 Å². The van der Waals surface area contributed by atoms with Crippen LogP contribution in [-0.2, 0) is 0 Å². The van der Waals surface area contributed by atoms with Crippen molar-refractivity contribution in [1.82, 2.24) is 5.32 Å². The lowest BCUT2D eigenvalue weighted by molar-refractivity contribution is -0.0498. The molecule has 1 aliphatic rings. The highest BCUT2D eigenvalue weighted by Gasteiger charge is 2.22. The molecule has 2 aromatic carbocycles. The van der Waals surface area contributed by atoms with Crippen LogP contribution in [0.4, 0.5) is 8.78 Å². The van der Waals surface area contributed by atoms with Crippen LogP contribution in [0.15, 0.2) is 53.4 Å². The first-order valence-electron chi connectivity index (χ1n) is 7.21. The summed E-state index contributed by atoms with van der Waals surface area (Å²) in [5, 5.41) is 2.98. The summed E-state index contributed by atoms with van der Waals surface area (Å²) in [5.74, 6) is 0.611. The molecule has 1 aliphatic heterocycles. The number of nitrogens with one attached hydrogen (secondary N) is 1. The molecule has 6 heteroatoms. The molecule has 0 fully saturated rings. The maximum Gasteiger partial charge on any atom is 0.387 e. The molecular formula is C17H15F2NO2S. The van der Waals surface area contributed by atoms with E-state index in [1.54, 1.807) is 17.8 Å². The maximum atomic E-state index is 12.4. The lowest BCUT2D eigenvalue weighted by atomic mass is 10.0. The minimum atomic E-state index is -2.91. The largest absolute Gasteiger partial charge is 0.435 e. The van der Waals surface area contributed by atoms with E-state index in [9.17, 15) is 13.6 Å². The summed E-state index contributed by atoms with van der Waals surface area (Å²) in [6.45, 7) is -2.91. The summed E-state index contributed by atoms with van der Waals surface area (Å²) in [6.07, 6.45) is 0.834. The van der Waals surface area contributed by atoms with Crippen LogP contribution in [0.5, 0.6) is 5.75 Å². The maximum absolute atomic E-state index is 12.4. The third kappa shape index (κ3) is 3.82. The Bertz CT molecular complexity index is 708. The first-order chi connectivity index (χ1) is 11.1. The molecule has 0 aromatic heterocycles. The predicted octanol–water partition coefficient (Wildman–Crippen LogP) is 4.25. The van der Waals surface area contributed by atoms with Crippen LogP contribution in [0.2, 0.25) is 0 Å². The van der Waals surface area contributed by atoms with Crippen LogP contribution in [0.1, 0.15) is 28.4 Å². The summed E-state index contributed by atoms with van der Waals surface area (Å²) in [6, 6.07) is 13.7. The second-order valence-corrected chi connectivity index (χ2v) is 6.24. The van der Waals surface area contributed by atoms with Crippen molar-refractivity contribution < 1.29 is 18.3 Å². The molecule has 0 bridgehead atoms. The van der Waals surface area contributed by atoms with Crippen molar-refractivity contribution in [3.8, 4) is 5.75 Å². The van der Waals surface area contributed by atoms with Crippen LogP contribution in [0.25, 0.3) is 0 Å². The van der Waals surface area contributed by atoms with Gasteiger partial charge in [0.05, 0.1) is 6.04 Å². The fraction of sp³-hybridized carbons (Fsp3) is 0.235. The average molecular weight is 335 g/mol. The van der Waals surface area contributed by atoms with Gasteiger partial charge in [-0.05, 0) is 36.2 Å². The van der Waals surface area contributed by atoms with Crippen molar-refractivity contribution in [3.05, 3.63) is 59.7 Å². The number of hydrogen-bond acceptors (Lipinski definition) is 3. The molecule has 0 radical (unpaired) electrons. The number of ether oxygens (including phenoxy) is 1. The number of fused-ring (bicyclic) bond motifs is 1. The molecule has 3 rings (SSSR count). The Morgan fingerprint density at radius 2 is 2.04 bits per heavy atom. The summed E-state index contributed by atoms with van der Waals surface area (Å²) in [7, 11) is 0. The predicted molar refractivity (Wildman–Crippen MR) is 85.1 cm³/mol. The first-order valence-corrected chi connectivity index (χ1v) is 8.19. The van der Waals surface area contributed by atoms with Crippen molar-refractivity contribution in [2.45, 2.75) is 24.0 Å². The highest BCUT2D eigenvalue weighted by atomic mass is 32.2. The highest BCUT2D eigenvalue weighted by Crippen LogP contribution is 2.35. The van der Waals surface area contributed by atoms with Crippen molar-refractivity contribution >= 4 is 17.7 Å². The molecule has 0 saturated heterocycles. The SMILES string of the molecule is O=C(N[C@H]1CCSc2ccccc21)c1cccc(OC(F)F)c1. The van der Waals surface area contributed by atoms with Gasteiger partial charge in [0.15, 0.2) is 0 Å². The van der Waals surface area contributed by atoms with Gasteiger partial charge < -0.3 is 10.1 Å². The smallest absolute Gasteiger partial charge is 0.387 e. The Morgan fingerprint density at radius 1 is 1.22 bits per heavy atom. The fourth-order valence-corrected chi connectivity index (χ4v) is 3.67. The number of alkyl halides is 2. The van der Waals surface area contributed by atoms with Gasteiger partial charge in [-0.15, -0.1) is 11.8 Å². The Labute approximate surface area is 137 Å². The van der Waals surface area contributed by atoms with Crippen molar-refractivity contribution in [3.63, 3.8) is 0 Å². The van der Waals surface area contributed by atoms with E-state index in [2.05, 4.69) is 10.1 Å². The zero-order chi connectivity index (χ0) is 16.2. The van der Waals surface area contributed by atoms with Gasteiger partial charge in [0.25, 0.3) is 5.91 Å². The molecule has 23 heavy (non-hydrogen) atoms. The lowest BCUT2D eigenvalue weighted by Crippen LogP contribution is -2.30. The molecule has 0 unspecified atom stereocenters. The highest BCUT2D eigenvalue weighted by molar-refractivity contribution is 7.99. The number of halogens is 2. The molecule has 1 N–H and O–H groups in total. The number of benzene rings is 2. The van der Waals surface area contributed by atoms with E-state index in [1.165, 1.54) is 23.1 Å². The Morgan fingerprint density at radius 3 is 2.87 bits per heavy atom. The minimum Gasteiger partial charge on any atom is -0.435 e. The third-order valence-electron chi connectivity index (χ3n) is 3.59. The van der Waals surface area contributed by atoms with Gasteiger partial charge in [-0.2, -0.15) is 8.78 Å². The summed E-state index contributed by atoms with van der Waals surface area (Å²) in [4.78, 5) is 13.6. The van der Waals surface area contributed by atoms with Crippen LogP contribution in [0.3, 0.4) is 0 Å². The van der Waals surface area contributed by atoms with Gasteiger partial charge in [0.1, 0.15) is 5.75 Å². The Balaban J connectivity index is 1.75. The van der Waals surface area contributed by atoms with Crippen molar-refractivity contribution in [2.24, 2.45) is 0 Å². The summed E-state index contributed by atoms with van der Waals surface area (Å²) >= 11 is 1.77.